The van der Waals surface area contributed by atoms with Gasteiger partial charge in [0.05, 0.1) is 6.04 Å². The highest BCUT2D eigenvalue weighted by molar-refractivity contribution is 5.74. The first-order chi connectivity index (χ1) is 9.88. The summed E-state index contributed by atoms with van der Waals surface area (Å²) in [5.41, 5.74) is -0.118. The monoisotopic (exact) mass is 298 g/mol. The van der Waals surface area contributed by atoms with Crippen LogP contribution in [0.15, 0.2) is 23.3 Å². The third-order valence-corrected chi connectivity index (χ3v) is 3.37. The predicted octanol–water partition coefficient (Wildman–Crippen LogP) is 3.56. The van der Waals surface area contributed by atoms with Gasteiger partial charge in [0.2, 0.25) is 5.88 Å². The molecule has 1 aliphatic heterocycles. The number of hydrogen-bond donors (Lipinski definition) is 0. The SMILES string of the molecule is CCC(CC1COC(C)=N1)Oc1ccc(C(C)(F)F)cn1. The van der Waals surface area contributed by atoms with Crippen molar-refractivity contribution in [2.75, 3.05) is 6.61 Å². The minimum Gasteiger partial charge on any atom is -0.479 e. The van der Waals surface area contributed by atoms with E-state index in [1.165, 1.54) is 12.1 Å². The van der Waals surface area contributed by atoms with E-state index in [-0.39, 0.29) is 17.7 Å². The Bertz CT molecular complexity index is 497. The van der Waals surface area contributed by atoms with E-state index in [0.29, 0.717) is 18.4 Å². The Morgan fingerprint density at radius 1 is 1.48 bits per heavy atom. The molecule has 116 valence electrons. The maximum atomic E-state index is 13.1. The number of nitrogens with zero attached hydrogens (tertiary/aromatic N) is 2. The van der Waals surface area contributed by atoms with Gasteiger partial charge in [-0.05, 0) is 12.5 Å². The summed E-state index contributed by atoms with van der Waals surface area (Å²) < 4.78 is 37.3. The third-order valence-electron chi connectivity index (χ3n) is 3.37. The molecular formula is C15H20F2N2O2. The van der Waals surface area contributed by atoms with Crippen LogP contribution in [0.1, 0.15) is 39.2 Å². The van der Waals surface area contributed by atoms with Crippen LogP contribution in [0.25, 0.3) is 0 Å². The molecule has 0 fully saturated rings. The zero-order valence-electron chi connectivity index (χ0n) is 12.5. The number of pyridine rings is 1. The van der Waals surface area contributed by atoms with Crippen LogP contribution in [0.3, 0.4) is 0 Å². The number of ether oxygens (including phenoxy) is 2. The van der Waals surface area contributed by atoms with Crippen LogP contribution in [0.5, 0.6) is 5.88 Å². The van der Waals surface area contributed by atoms with Gasteiger partial charge in [0.1, 0.15) is 12.7 Å². The quantitative estimate of drug-likeness (QED) is 0.806. The van der Waals surface area contributed by atoms with Crippen LogP contribution >= 0.6 is 0 Å². The molecule has 1 aliphatic rings. The van der Waals surface area contributed by atoms with Gasteiger partial charge in [-0.25, -0.2) is 18.8 Å². The third kappa shape index (κ3) is 4.37. The van der Waals surface area contributed by atoms with Crippen molar-refractivity contribution in [2.45, 2.75) is 51.7 Å². The zero-order valence-corrected chi connectivity index (χ0v) is 12.5. The highest BCUT2D eigenvalue weighted by atomic mass is 19.3. The molecule has 2 rings (SSSR count). The smallest absolute Gasteiger partial charge is 0.272 e. The minimum absolute atomic E-state index is 0.0614. The first kappa shape index (κ1) is 15.7. The molecule has 0 bridgehead atoms. The number of alkyl halides is 2. The van der Waals surface area contributed by atoms with Gasteiger partial charge in [-0.2, -0.15) is 0 Å². The van der Waals surface area contributed by atoms with Gasteiger partial charge in [0, 0.05) is 38.1 Å². The number of rotatable bonds is 6. The van der Waals surface area contributed by atoms with Crippen molar-refractivity contribution in [3.63, 3.8) is 0 Å². The molecule has 2 atom stereocenters. The van der Waals surface area contributed by atoms with Gasteiger partial charge < -0.3 is 9.47 Å². The van der Waals surface area contributed by atoms with E-state index in [1.807, 2.05) is 13.8 Å². The number of aromatic nitrogens is 1. The summed E-state index contributed by atoms with van der Waals surface area (Å²) in [4.78, 5) is 8.31. The zero-order chi connectivity index (χ0) is 15.5. The molecule has 0 amide bonds. The Kier molecular flexibility index (Phi) is 4.75. The summed E-state index contributed by atoms with van der Waals surface area (Å²) >= 11 is 0. The molecule has 1 aromatic rings. The van der Waals surface area contributed by atoms with Gasteiger partial charge in [-0.1, -0.05) is 6.92 Å². The van der Waals surface area contributed by atoms with Gasteiger partial charge in [0.25, 0.3) is 5.92 Å². The fourth-order valence-electron chi connectivity index (χ4n) is 2.15. The topological polar surface area (TPSA) is 43.7 Å². The second-order valence-corrected chi connectivity index (χ2v) is 5.27. The van der Waals surface area contributed by atoms with E-state index in [2.05, 4.69) is 9.98 Å². The van der Waals surface area contributed by atoms with Crippen LogP contribution in [0.4, 0.5) is 8.78 Å². The molecule has 0 N–H and O–H groups in total. The molecule has 0 aromatic carbocycles. The second-order valence-electron chi connectivity index (χ2n) is 5.27. The largest absolute Gasteiger partial charge is 0.479 e. The van der Waals surface area contributed by atoms with Crippen LogP contribution in [-0.2, 0) is 10.7 Å². The molecule has 21 heavy (non-hydrogen) atoms. The molecular weight excluding hydrogens is 278 g/mol. The van der Waals surface area contributed by atoms with Gasteiger partial charge in [-0.15, -0.1) is 0 Å². The lowest BCUT2D eigenvalue weighted by Crippen LogP contribution is -2.23. The van der Waals surface area contributed by atoms with E-state index < -0.39 is 5.92 Å². The van der Waals surface area contributed by atoms with Crippen LogP contribution in [-0.4, -0.2) is 29.6 Å². The highest BCUT2D eigenvalue weighted by Gasteiger charge is 2.25. The van der Waals surface area contributed by atoms with E-state index in [4.69, 9.17) is 9.47 Å². The lowest BCUT2D eigenvalue weighted by molar-refractivity contribution is 0.0170. The maximum Gasteiger partial charge on any atom is 0.272 e. The van der Waals surface area contributed by atoms with E-state index in [9.17, 15) is 8.78 Å². The second kappa shape index (κ2) is 6.37. The molecule has 0 saturated heterocycles. The van der Waals surface area contributed by atoms with Crippen molar-refractivity contribution in [3.05, 3.63) is 23.9 Å². The Balaban J connectivity index is 1.95. The van der Waals surface area contributed by atoms with Gasteiger partial charge in [-0.3, -0.25) is 0 Å². The van der Waals surface area contributed by atoms with Crippen LogP contribution < -0.4 is 4.74 Å². The Morgan fingerprint density at radius 2 is 2.24 bits per heavy atom. The summed E-state index contributed by atoms with van der Waals surface area (Å²) in [5.74, 6) is -1.83. The van der Waals surface area contributed by atoms with E-state index in [1.54, 1.807) is 0 Å². The molecule has 0 spiro atoms. The van der Waals surface area contributed by atoms with Gasteiger partial charge >= 0.3 is 0 Å². The molecule has 1 aromatic heterocycles. The Labute approximate surface area is 123 Å². The van der Waals surface area contributed by atoms with Crippen molar-refractivity contribution in [1.29, 1.82) is 0 Å². The molecule has 0 aliphatic carbocycles. The first-order valence-electron chi connectivity index (χ1n) is 7.06. The summed E-state index contributed by atoms with van der Waals surface area (Å²) in [6.07, 6.45) is 2.61. The number of hydrogen-bond acceptors (Lipinski definition) is 4. The molecule has 2 unspecified atom stereocenters. The van der Waals surface area contributed by atoms with E-state index in [0.717, 1.165) is 26.0 Å². The number of aliphatic imine (C=N–C) groups is 1. The molecule has 4 nitrogen and oxygen atoms in total. The van der Waals surface area contributed by atoms with Gasteiger partial charge in [0.15, 0.2) is 5.90 Å². The summed E-state index contributed by atoms with van der Waals surface area (Å²) in [7, 11) is 0. The first-order valence-corrected chi connectivity index (χ1v) is 7.06. The minimum atomic E-state index is -2.89. The van der Waals surface area contributed by atoms with Crippen molar-refractivity contribution < 1.29 is 18.3 Å². The fraction of sp³-hybridized carbons (Fsp3) is 0.600. The molecule has 2 heterocycles. The van der Waals surface area contributed by atoms with Crippen LogP contribution in [0.2, 0.25) is 0 Å². The van der Waals surface area contributed by atoms with Crippen molar-refractivity contribution in [2.24, 2.45) is 4.99 Å². The average Bonchev–Trinajstić information content (AvgIpc) is 2.83. The van der Waals surface area contributed by atoms with Crippen LogP contribution in [0, 0.1) is 0 Å². The lowest BCUT2D eigenvalue weighted by atomic mass is 10.1. The van der Waals surface area contributed by atoms with E-state index >= 15 is 0 Å². The Hall–Kier alpha value is -1.72. The summed E-state index contributed by atoms with van der Waals surface area (Å²) in [6.45, 7) is 5.25. The summed E-state index contributed by atoms with van der Waals surface area (Å²) in [6, 6.07) is 2.92. The molecule has 6 heteroatoms. The van der Waals surface area contributed by atoms with Crippen molar-refractivity contribution in [1.82, 2.24) is 4.98 Å². The normalized spacial score (nSPS) is 19.9. The molecule has 0 saturated carbocycles. The predicted molar refractivity (Wildman–Crippen MR) is 76.0 cm³/mol. The lowest BCUT2D eigenvalue weighted by Gasteiger charge is -2.19. The average molecular weight is 298 g/mol. The van der Waals surface area contributed by atoms with Crippen molar-refractivity contribution >= 4 is 5.90 Å². The fourth-order valence-corrected chi connectivity index (χ4v) is 2.15. The molecule has 0 radical (unpaired) electrons. The standard InChI is InChI=1S/C15H20F2N2O2/c1-4-13(7-12-9-20-10(2)19-12)21-14-6-5-11(8-18-14)15(3,16)17/h5-6,8,12-13H,4,7,9H2,1-3H3. The Morgan fingerprint density at radius 3 is 2.71 bits per heavy atom. The highest BCUT2D eigenvalue weighted by Crippen LogP contribution is 2.27. The maximum absolute atomic E-state index is 13.1. The van der Waals surface area contributed by atoms with Crippen molar-refractivity contribution in [3.8, 4) is 5.88 Å². The number of halogens is 2. The summed E-state index contributed by atoms with van der Waals surface area (Å²) in [5, 5.41) is 0.